The first kappa shape index (κ1) is 10.1. The number of nitriles is 1. The molecule has 1 saturated carbocycles. The van der Waals surface area contributed by atoms with Crippen LogP contribution < -0.4 is 0 Å². The van der Waals surface area contributed by atoms with E-state index in [9.17, 15) is 0 Å². The smallest absolute Gasteiger partial charge is 0.0690 e. The predicted octanol–water partition coefficient (Wildman–Crippen LogP) is 3.12. The van der Waals surface area contributed by atoms with E-state index in [1.807, 2.05) is 6.92 Å². The summed E-state index contributed by atoms with van der Waals surface area (Å²) in [7, 11) is 0. The van der Waals surface area contributed by atoms with Crippen LogP contribution in [-0.4, -0.2) is 0 Å². The molecular weight excluding hydrogens is 158 g/mol. The second kappa shape index (κ2) is 4.33. The Hall–Kier alpha value is -0.950. The van der Waals surface area contributed by atoms with Crippen molar-refractivity contribution in [3.63, 3.8) is 0 Å². The molecule has 1 heteroatoms. The van der Waals surface area contributed by atoms with Gasteiger partial charge in [0.2, 0.25) is 0 Å². The maximum absolute atomic E-state index is 9.14. The Kier molecular flexibility index (Phi) is 3.38. The van der Waals surface area contributed by atoms with Gasteiger partial charge in [-0.2, -0.15) is 5.26 Å². The largest absolute Gasteiger partial charge is 0.198 e. The fraction of sp³-hybridized carbons (Fsp3) is 0.750. The maximum atomic E-state index is 9.14. The maximum Gasteiger partial charge on any atom is 0.0690 e. The molecule has 0 N–H and O–H groups in total. The molecule has 0 aromatic rings. The summed E-state index contributed by atoms with van der Waals surface area (Å²) in [6.45, 7) is 4.10. The number of nitrogens with zero attached hydrogens (tertiary/aromatic N) is 1. The minimum Gasteiger partial charge on any atom is -0.198 e. The van der Waals surface area contributed by atoms with Gasteiger partial charge < -0.3 is 0 Å². The average Bonchev–Trinajstić information content (AvgIpc) is 2.49. The van der Waals surface area contributed by atoms with Crippen LogP contribution in [0.25, 0.3) is 0 Å². The zero-order valence-corrected chi connectivity index (χ0v) is 8.56. The Morgan fingerprint density at radius 1 is 1.54 bits per heavy atom. The highest BCUT2D eigenvalue weighted by atomic mass is 14.4. The topological polar surface area (TPSA) is 23.8 Å². The average molecular weight is 175 g/mol. The van der Waals surface area contributed by atoms with E-state index in [1.165, 1.54) is 6.42 Å². The van der Waals surface area contributed by atoms with Crippen LogP contribution in [0.4, 0.5) is 0 Å². The van der Waals surface area contributed by atoms with Crippen molar-refractivity contribution in [3.8, 4) is 17.9 Å². The van der Waals surface area contributed by atoms with Gasteiger partial charge >= 0.3 is 0 Å². The van der Waals surface area contributed by atoms with E-state index in [0.29, 0.717) is 0 Å². The Labute approximate surface area is 81.1 Å². The summed E-state index contributed by atoms with van der Waals surface area (Å²) < 4.78 is 0. The van der Waals surface area contributed by atoms with Gasteiger partial charge in [0, 0.05) is 6.42 Å². The summed E-state index contributed by atoms with van der Waals surface area (Å²) in [5.41, 5.74) is -0.0384. The monoisotopic (exact) mass is 175 g/mol. The number of hydrogen-bond acceptors (Lipinski definition) is 1. The highest BCUT2D eigenvalue weighted by Gasteiger charge is 2.36. The minimum absolute atomic E-state index is 0.0384. The van der Waals surface area contributed by atoms with Crippen molar-refractivity contribution in [3.05, 3.63) is 0 Å². The van der Waals surface area contributed by atoms with Gasteiger partial charge in [0.1, 0.15) is 0 Å². The van der Waals surface area contributed by atoms with Crippen molar-refractivity contribution >= 4 is 0 Å². The van der Waals surface area contributed by atoms with Crippen LogP contribution >= 0.6 is 0 Å². The molecule has 0 amide bonds. The summed E-state index contributed by atoms with van der Waals surface area (Å²) in [5, 5.41) is 9.14. The molecule has 1 nitrogen and oxygen atoms in total. The van der Waals surface area contributed by atoms with Gasteiger partial charge in [-0.3, -0.25) is 0 Å². The van der Waals surface area contributed by atoms with E-state index in [0.717, 1.165) is 31.6 Å². The molecule has 1 aliphatic carbocycles. The molecular formula is C12H17N. The van der Waals surface area contributed by atoms with Crippen LogP contribution in [0.3, 0.4) is 0 Å². The lowest BCUT2D eigenvalue weighted by Crippen LogP contribution is -2.13. The molecule has 0 aromatic carbocycles. The number of hydrogen-bond donors (Lipinski definition) is 0. The molecule has 0 heterocycles. The second-order valence-corrected chi connectivity index (χ2v) is 4.17. The standard InChI is InChI=1S/C12H17N/c1-3-4-5-7-12(10-13)8-6-11(2)9-12/h11H,5-9H2,1-2H3. The molecule has 13 heavy (non-hydrogen) atoms. The van der Waals surface area contributed by atoms with Crippen LogP contribution in [0, 0.1) is 34.5 Å². The molecule has 1 rings (SSSR count). The van der Waals surface area contributed by atoms with E-state index in [-0.39, 0.29) is 5.41 Å². The van der Waals surface area contributed by atoms with E-state index < -0.39 is 0 Å². The molecule has 0 aromatic heterocycles. The van der Waals surface area contributed by atoms with E-state index in [4.69, 9.17) is 5.26 Å². The molecule has 2 unspecified atom stereocenters. The highest BCUT2D eigenvalue weighted by molar-refractivity contribution is 5.06. The predicted molar refractivity (Wildman–Crippen MR) is 53.7 cm³/mol. The summed E-state index contributed by atoms with van der Waals surface area (Å²) >= 11 is 0. The Balaban J connectivity index is 2.50. The van der Waals surface area contributed by atoms with Crippen molar-refractivity contribution in [2.45, 2.75) is 46.0 Å². The van der Waals surface area contributed by atoms with Crippen molar-refractivity contribution in [1.29, 1.82) is 5.26 Å². The fourth-order valence-electron chi connectivity index (χ4n) is 2.21. The van der Waals surface area contributed by atoms with Crippen LogP contribution in [0.15, 0.2) is 0 Å². The van der Waals surface area contributed by atoms with Crippen LogP contribution in [0.1, 0.15) is 46.0 Å². The third-order valence-corrected chi connectivity index (χ3v) is 3.00. The van der Waals surface area contributed by atoms with Crippen molar-refractivity contribution in [2.24, 2.45) is 11.3 Å². The van der Waals surface area contributed by atoms with Gasteiger partial charge in [-0.25, -0.2) is 0 Å². The van der Waals surface area contributed by atoms with Crippen LogP contribution in [0.2, 0.25) is 0 Å². The highest BCUT2D eigenvalue weighted by Crippen LogP contribution is 2.44. The Morgan fingerprint density at radius 2 is 2.31 bits per heavy atom. The normalized spacial score (nSPS) is 31.9. The van der Waals surface area contributed by atoms with E-state index in [1.54, 1.807) is 0 Å². The SMILES string of the molecule is CC#CCCC1(C#N)CCC(C)C1. The molecule has 0 aliphatic heterocycles. The molecule has 0 bridgehead atoms. The molecule has 2 atom stereocenters. The molecule has 1 aliphatic rings. The first-order valence-corrected chi connectivity index (χ1v) is 5.03. The van der Waals surface area contributed by atoms with Crippen molar-refractivity contribution < 1.29 is 0 Å². The van der Waals surface area contributed by atoms with Crippen LogP contribution in [0.5, 0.6) is 0 Å². The lowest BCUT2D eigenvalue weighted by Gasteiger charge is -2.18. The Bertz CT molecular complexity index is 263. The van der Waals surface area contributed by atoms with E-state index >= 15 is 0 Å². The van der Waals surface area contributed by atoms with Gasteiger partial charge in [0.25, 0.3) is 0 Å². The van der Waals surface area contributed by atoms with E-state index in [2.05, 4.69) is 24.8 Å². The summed E-state index contributed by atoms with van der Waals surface area (Å²) in [5.74, 6) is 6.66. The molecule has 0 radical (unpaired) electrons. The second-order valence-electron chi connectivity index (χ2n) is 4.17. The van der Waals surface area contributed by atoms with Gasteiger partial charge in [-0.15, -0.1) is 11.8 Å². The summed E-state index contributed by atoms with van der Waals surface area (Å²) in [6, 6.07) is 2.50. The van der Waals surface area contributed by atoms with Crippen molar-refractivity contribution in [2.75, 3.05) is 0 Å². The molecule has 70 valence electrons. The first-order chi connectivity index (χ1) is 6.22. The zero-order chi connectivity index (χ0) is 9.73. The van der Waals surface area contributed by atoms with Gasteiger partial charge in [-0.1, -0.05) is 6.92 Å². The molecule has 0 spiro atoms. The molecule has 0 saturated heterocycles. The fourth-order valence-corrected chi connectivity index (χ4v) is 2.21. The zero-order valence-electron chi connectivity index (χ0n) is 8.56. The lowest BCUT2D eigenvalue weighted by molar-refractivity contribution is 0.368. The Morgan fingerprint density at radius 3 is 2.77 bits per heavy atom. The summed E-state index contributed by atoms with van der Waals surface area (Å²) in [4.78, 5) is 0. The van der Waals surface area contributed by atoms with Gasteiger partial charge in [-0.05, 0) is 38.5 Å². The van der Waals surface area contributed by atoms with Gasteiger partial charge in [0.15, 0.2) is 0 Å². The quantitative estimate of drug-likeness (QED) is 0.591. The van der Waals surface area contributed by atoms with Gasteiger partial charge in [0.05, 0.1) is 11.5 Å². The minimum atomic E-state index is -0.0384. The first-order valence-electron chi connectivity index (χ1n) is 5.03. The summed E-state index contributed by atoms with van der Waals surface area (Å²) in [6.07, 6.45) is 5.23. The van der Waals surface area contributed by atoms with Crippen molar-refractivity contribution in [1.82, 2.24) is 0 Å². The molecule has 1 fully saturated rings. The third-order valence-electron chi connectivity index (χ3n) is 3.00. The third kappa shape index (κ3) is 2.49. The lowest BCUT2D eigenvalue weighted by atomic mass is 9.82. The van der Waals surface area contributed by atoms with Crippen LogP contribution in [-0.2, 0) is 0 Å². The number of rotatable bonds is 2.